The lowest BCUT2D eigenvalue weighted by molar-refractivity contribution is -0.318. The Morgan fingerprint density at radius 1 is 1.55 bits per heavy atom. The van der Waals surface area contributed by atoms with Crippen molar-refractivity contribution in [3.63, 3.8) is 0 Å². The number of carbonyl (C=O) groups excluding carboxylic acids is 1. The van der Waals surface area contributed by atoms with E-state index in [1.54, 1.807) is 13.8 Å². The quantitative estimate of drug-likeness (QED) is 0.615. The standard InChI is InChI=1S/C9H18O2/c1-5-7(2)6-9(3,4)8(10)11/h7H,5-6H2,1-4H3,(H,10,11)/p-1. The van der Waals surface area contributed by atoms with Gasteiger partial charge in [-0.25, -0.2) is 0 Å². The van der Waals surface area contributed by atoms with Crippen molar-refractivity contribution in [2.45, 2.75) is 40.5 Å². The van der Waals surface area contributed by atoms with Gasteiger partial charge in [0.2, 0.25) is 0 Å². The largest absolute Gasteiger partial charge is 0.550 e. The van der Waals surface area contributed by atoms with Gasteiger partial charge in [-0.1, -0.05) is 34.1 Å². The number of carbonyl (C=O) groups is 1. The first-order chi connectivity index (χ1) is 4.90. The average Bonchev–Trinajstić information content (AvgIpc) is 1.86. The summed E-state index contributed by atoms with van der Waals surface area (Å²) < 4.78 is 0. The molecule has 0 aliphatic heterocycles. The third-order valence-corrected chi connectivity index (χ3v) is 2.11. The molecule has 1 atom stereocenters. The monoisotopic (exact) mass is 157 g/mol. The predicted molar refractivity (Wildman–Crippen MR) is 42.9 cm³/mol. The smallest absolute Gasteiger partial charge is 0.0470 e. The Bertz CT molecular complexity index is 138. The minimum atomic E-state index is -0.946. The summed E-state index contributed by atoms with van der Waals surface area (Å²) in [5.74, 6) is -0.485. The first-order valence-corrected chi connectivity index (χ1v) is 4.11. The first-order valence-electron chi connectivity index (χ1n) is 4.11. The van der Waals surface area contributed by atoms with E-state index in [9.17, 15) is 9.90 Å². The number of carboxylic acid groups (broad SMARTS) is 1. The van der Waals surface area contributed by atoms with Gasteiger partial charge in [-0.3, -0.25) is 0 Å². The van der Waals surface area contributed by atoms with Crippen LogP contribution in [-0.4, -0.2) is 5.97 Å². The normalized spacial score (nSPS) is 14.5. The summed E-state index contributed by atoms with van der Waals surface area (Å²) >= 11 is 0. The van der Waals surface area contributed by atoms with Gasteiger partial charge >= 0.3 is 0 Å². The molecule has 0 amide bonds. The Labute approximate surface area is 68.6 Å². The molecule has 0 aliphatic rings. The fraction of sp³-hybridized carbons (Fsp3) is 0.889. The lowest BCUT2D eigenvalue weighted by Crippen LogP contribution is -2.39. The molecule has 0 N–H and O–H groups in total. The predicted octanol–water partition coefficient (Wildman–Crippen LogP) is 1.20. The van der Waals surface area contributed by atoms with Crippen LogP contribution in [-0.2, 0) is 4.79 Å². The fourth-order valence-electron chi connectivity index (χ4n) is 1.10. The maximum Gasteiger partial charge on any atom is 0.0470 e. The van der Waals surface area contributed by atoms with E-state index in [0.717, 1.165) is 6.42 Å². The Hall–Kier alpha value is -0.530. The molecule has 2 nitrogen and oxygen atoms in total. The number of hydrogen-bond acceptors (Lipinski definition) is 2. The molecule has 0 spiro atoms. The molecular weight excluding hydrogens is 140 g/mol. The molecule has 0 heterocycles. The van der Waals surface area contributed by atoms with Crippen LogP contribution in [0.4, 0.5) is 0 Å². The van der Waals surface area contributed by atoms with Gasteiger partial charge in [0, 0.05) is 11.4 Å². The summed E-state index contributed by atoms with van der Waals surface area (Å²) in [6.07, 6.45) is 1.72. The van der Waals surface area contributed by atoms with Crippen molar-refractivity contribution in [1.82, 2.24) is 0 Å². The van der Waals surface area contributed by atoms with E-state index in [-0.39, 0.29) is 0 Å². The Kier molecular flexibility index (Phi) is 3.56. The van der Waals surface area contributed by atoms with Gasteiger partial charge in [0.1, 0.15) is 0 Å². The van der Waals surface area contributed by atoms with Crippen LogP contribution in [0, 0.1) is 11.3 Å². The number of aliphatic carboxylic acids is 1. The molecule has 66 valence electrons. The molecule has 0 fully saturated rings. The molecular formula is C9H17O2-. The van der Waals surface area contributed by atoms with Gasteiger partial charge in [-0.05, 0) is 12.3 Å². The third kappa shape index (κ3) is 3.40. The van der Waals surface area contributed by atoms with Crippen LogP contribution in [0.15, 0.2) is 0 Å². The van der Waals surface area contributed by atoms with Crippen LogP contribution in [0.2, 0.25) is 0 Å². The van der Waals surface area contributed by atoms with Crippen molar-refractivity contribution < 1.29 is 9.90 Å². The van der Waals surface area contributed by atoms with Crippen LogP contribution in [0.3, 0.4) is 0 Å². The maximum absolute atomic E-state index is 10.6. The molecule has 2 heteroatoms. The highest BCUT2D eigenvalue weighted by atomic mass is 16.4. The molecule has 0 radical (unpaired) electrons. The Morgan fingerprint density at radius 3 is 2.27 bits per heavy atom. The molecule has 0 bridgehead atoms. The summed E-state index contributed by atoms with van der Waals surface area (Å²) in [6, 6.07) is 0. The van der Waals surface area contributed by atoms with Crippen molar-refractivity contribution in [3.05, 3.63) is 0 Å². The van der Waals surface area contributed by atoms with Gasteiger partial charge < -0.3 is 9.90 Å². The molecule has 0 saturated heterocycles. The molecule has 11 heavy (non-hydrogen) atoms. The molecule has 0 aromatic carbocycles. The maximum atomic E-state index is 10.6. The van der Waals surface area contributed by atoms with E-state index < -0.39 is 11.4 Å². The highest BCUT2D eigenvalue weighted by molar-refractivity contribution is 5.71. The summed E-state index contributed by atoms with van der Waals surface area (Å²) in [5, 5.41) is 10.6. The van der Waals surface area contributed by atoms with E-state index in [0.29, 0.717) is 12.3 Å². The number of hydrogen-bond donors (Lipinski definition) is 0. The minimum Gasteiger partial charge on any atom is -0.550 e. The van der Waals surface area contributed by atoms with Gasteiger partial charge in [-0.15, -0.1) is 0 Å². The molecule has 1 unspecified atom stereocenters. The molecule has 0 rings (SSSR count). The summed E-state index contributed by atoms with van der Waals surface area (Å²) in [7, 11) is 0. The lowest BCUT2D eigenvalue weighted by Gasteiger charge is -2.28. The van der Waals surface area contributed by atoms with Crippen molar-refractivity contribution in [2.24, 2.45) is 11.3 Å². The summed E-state index contributed by atoms with van der Waals surface area (Å²) in [4.78, 5) is 10.6. The zero-order chi connectivity index (χ0) is 9.07. The Morgan fingerprint density at radius 2 is 2.00 bits per heavy atom. The van der Waals surface area contributed by atoms with Crippen LogP contribution < -0.4 is 5.11 Å². The van der Waals surface area contributed by atoms with Gasteiger partial charge in [0.25, 0.3) is 0 Å². The fourth-order valence-corrected chi connectivity index (χ4v) is 1.10. The number of rotatable bonds is 4. The zero-order valence-corrected chi connectivity index (χ0v) is 7.81. The van der Waals surface area contributed by atoms with Gasteiger partial charge in [-0.2, -0.15) is 0 Å². The van der Waals surface area contributed by atoms with Crippen molar-refractivity contribution in [2.75, 3.05) is 0 Å². The van der Waals surface area contributed by atoms with Crippen LogP contribution >= 0.6 is 0 Å². The lowest BCUT2D eigenvalue weighted by atomic mass is 9.83. The third-order valence-electron chi connectivity index (χ3n) is 2.11. The molecule has 0 aromatic heterocycles. The SMILES string of the molecule is CCC(C)CC(C)(C)C(=O)[O-]. The van der Waals surface area contributed by atoms with E-state index in [1.165, 1.54) is 0 Å². The molecule has 0 saturated carbocycles. The molecule has 0 aliphatic carbocycles. The van der Waals surface area contributed by atoms with E-state index >= 15 is 0 Å². The second-order valence-corrected chi connectivity index (χ2v) is 3.89. The summed E-state index contributed by atoms with van der Waals surface area (Å²) in [6.45, 7) is 7.56. The number of carboxylic acids is 1. The van der Waals surface area contributed by atoms with E-state index in [4.69, 9.17) is 0 Å². The van der Waals surface area contributed by atoms with E-state index in [1.807, 2.05) is 0 Å². The topological polar surface area (TPSA) is 40.1 Å². The Balaban J connectivity index is 4.01. The van der Waals surface area contributed by atoms with Crippen molar-refractivity contribution >= 4 is 5.97 Å². The van der Waals surface area contributed by atoms with Gasteiger partial charge in [0.05, 0.1) is 0 Å². The van der Waals surface area contributed by atoms with E-state index in [2.05, 4.69) is 13.8 Å². The van der Waals surface area contributed by atoms with Crippen molar-refractivity contribution in [1.29, 1.82) is 0 Å². The minimum absolute atomic E-state index is 0.461. The summed E-state index contributed by atoms with van der Waals surface area (Å²) in [5.41, 5.74) is -0.671. The van der Waals surface area contributed by atoms with Crippen LogP contribution in [0.1, 0.15) is 40.5 Å². The molecule has 0 aromatic rings. The second kappa shape index (κ2) is 3.74. The van der Waals surface area contributed by atoms with Crippen molar-refractivity contribution in [3.8, 4) is 0 Å². The second-order valence-electron chi connectivity index (χ2n) is 3.89. The highest BCUT2D eigenvalue weighted by Crippen LogP contribution is 2.25. The first kappa shape index (κ1) is 10.5. The van der Waals surface area contributed by atoms with Crippen LogP contribution in [0.25, 0.3) is 0 Å². The highest BCUT2D eigenvalue weighted by Gasteiger charge is 2.21. The van der Waals surface area contributed by atoms with Gasteiger partial charge in [0.15, 0.2) is 0 Å². The average molecular weight is 157 g/mol. The zero-order valence-electron chi connectivity index (χ0n) is 7.81. The van der Waals surface area contributed by atoms with Crippen LogP contribution in [0.5, 0.6) is 0 Å².